The van der Waals surface area contributed by atoms with Crippen LogP contribution in [0.15, 0.2) is 12.1 Å². The second-order valence-corrected chi connectivity index (χ2v) is 7.42. The molecule has 8 nitrogen and oxygen atoms in total. The number of carbonyl (C=O) groups is 2. The summed E-state index contributed by atoms with van der Waals surface area (Å²) in [5, 5.41) is 8.14. The first-order valence-corrected chi connectivity index (χ1v) is 9.79. The first-order chi connectivity index (χ1) is 14.0. The van der Waals surface area contributed by atoms with Crippen LogP contribution in [0.1, 0.15) is 59.9 Å². The van der Waals surface area contributed by atoms with E-state index in [1.54, 1.807) is 18.7 Å². The van der Waals surface area contributed by atoms with Crippen LogP contribution in [0.25, 0.3) is 0 Å². The quantitative estimate of drug-likeness (QED) is 0.753. The maximum absolute atomic E-state index is 13.5. The molecule has 164 valence electrons. The molecule has 0 fully saturated rings. The first kappa shape index (κ1) is 21.8. The predicted molar refractivity (Wildman–Crippen MR) is 103 cm³/mol. The molecule has 2 aromatic heterocycles. The molecule has 0 aliphatic carbocycles. The van der Waals surface area contributed by atoms with Crippen LogP contribution in [-0.4, -0.2) is 61.6 Å². The van der Waals surface area contributed by atoms with Crippen molar-refractivity contribution in [1.82, 2.24) is 24.5 Å². The van der Waals surface area contributed by atoms with Crippen molar-refractivity contribution in [2.45, 2.75) is 52.4 Å². The van der Waals surface area contributed by atoms with Crippen molar-refractivity contribution in [3.63, 3.8) is 0 Å². The van der Waals surface area contributed by atoms with Crippen molar-refractivity contribution in [3.05, 3.63) is 29.2 Å². The predicted octanol–water partition coefficient (Wildman–Crippen LogP) is 2.95. The van der Waals surface area contributed by atoms with E-state index in [1.165, 1.54) is 28.8 Å². The Balaban J connectivity index is 2.00. The maximum atomic E-state index is 13.5. The van der Waals surface area contributed by atoms with E-state index in [2.05, 4.69) is 10.2 Å². The number of aryl methyl sites for hydroxylation is 2. The molecule has 2 aromatic rings. The van der Waals surface area contributed by atoms with E-state index in [-0.39, 0.29) is 29.5 Å². The number of hydrogen-bond acceptors (Lipinski definition) is 4. The highest BCUT2D eigenvalue weighted by molar-refractivity contribution is 6.06. The van der Waals surface area contributed by atoms with Gasteiger partial charge in [0.15, 0.2) is 11.7 Å². The number of nitrogens with zero attached hydrogens (tertiary/aromatic N) is 6. The maximum Gasteiger partial charge on any atom is 0.410 e. The summed E-state index contributed by atoms with van der Waals surface area (Å²) in [6, 6.07) is 0.333. The molecule has 0 aromatic carbocycles. The van der Waals surface area contributed by atoms with Crippen LogP contribution in [0.3, 0.4) is 0 Å². The van der Waals surface area contributed by atoms with E-state index in [4.69, 9.17) is 0 Å². The van der Waals surface area contributed by atoms with Gasteiger partial charge >= 0.3 is 6.18 Å². The Hall–Kier alpha value is -2.85. The number of fused-ring (bicyclic) bond motifs is 1. The molecule has 0 saturated heterocycles. The topological polar surface area (TPSA) is 76.3 Å². The Morgan fingerprint density at radius 3 is 2.40 bits per heavy atom. The monoisotopic (exact) mass is 426 g/mol. The van der Waals surface area contributed by atoms with Gasteiger partial charge in [0, 0.05) is 38.3 Å². The average Bonchev–Trinajstić information content (AvgIpc) is 3.23. The molecular formula is C19H25F3N6O2. The largest absolute Gasteiger partial charge is 0.410 e. The molecule has 0 radical (unpaired) electrons. The molecule has 2 atom stereocenters. The molecule has 1 aliphatic rings. The molecule has 3 heterocycles. The first-order valence-electron chi connectivity index (χ1n) is 9.79. The smallest absolute Gasteiger partial charge is 0.338 e. The number of hydrogen-bond donors (Lipinski definition) is 0. The zero-order chi connectivity index (χ0) is 22.4. The van der Waals surface area contributed by atoms with Crippen LogP contribution in [-0.2, 0) is 7.05 Å². The molecular weight excluding hydrogens is 401 g/mol. The third kappa shape index (κ3) is 3.68. The number of aromatic nitrogens is 4. The minimum Gasteiger partial charge on any atom is -0.338 e. The second-order valence-electron chi connectivity index (χ2n) is 7.42. The summed E-state index contributed by atoms with van der Waals surface area (Å²) < 4.78 is 42.8. The summed E-state index contributed by atoms with van der Waals surface area (Å²) in [6.45, 7) is 7.82. The molecule has 0 unspecified atom stereocenters. The van der Waals surface area contributed by atoms with Gasteiger partial charge in [-0.15, -0.1) is 0 Å². The summed E-state index contributed by atoms with van der Waals surface area (Å²) in [5.74, 6) is -0.756. The molecule has 0 bridgehead atoms. The van der Waals surface area contributed by atoms with E-state index < -0.39 is 24.2 Å². The Morgan fingerprint density at radius 1 is 1.20 bits per heavy atom. The zero-order valence-electron chi connectivity index (χ0n) is 17.6. The summed E-state index contributed by atoms with van der Waals surface area (Å²) in [7, 11) is 1.53. The Morgan fingerprint density at radius 2 is 1.83 bits per heavy atom. The fourth-order valence-electron chi connectivity index (χ4n) is 3.81. The van der Waals surface area contributed by atoms with Gasteiger partial charge in [-0.25, -0.2) is 4.68 Å². The van der Waals surface area contributed by atoms with Crippen molar-refractivity contribution in [3.8, 4) is 0 Å². The minimum atomic E-state index is -4.48. The molecule has 2 amide bonds. The lowest BCUT2D eigenvalue weighted by atomic mass is 10.0. The van der Waals surface area contributed by atoms with Gasteiger partial charge in [-0.05, 0) is 34.1 Å². The van der Waals surface area contributed by atoms with Crippen molar-refractivity contribution in [2.24, 2.45) is 7.05 Å². The van der Waals surface area contributed by atoms with Gasteiger partial charge < -0.3 is 4.90 Å². The number of rotatable bonds is 4. The van der Waals surface area contributed by atoms with Crippen LogP contribution in [0.2, 0.25) is 0 Å². The van der Waals surface area contributed by atoms with Crippen molar-refractivity contribution >= 4 is 17.6 Å². The van der Waals surface area contributed by atoms with E-state index in [1.807, 2.05) is 13.8 Å². The average molecular weight is 426 g/mol. The normalized spacial score (nSPS) is 19.0. The standard InChI is InChI=1S/C19H25F3N6O2/c1-6-26(7-2)17(29)13-10-14(25(5)24-13)18(30)27-12(4)9-15(19(20,21)22)28-16(27)8-11(3)23-28/h8,10,12,15H,6-7,9H2,1-5H3/t12-,15-/m0/s1. The third-order valence-corrected chi connectivity index (χ3v) is 5.35. The van der Waals surface area contributed by atoms with Crippen LogP contribution in [0.4, 0.5) is 19.0 Å². The molecule has 30 heavy (non-hydrogen) atoms. The summed E-state index contributed by atoms with van der Waals surface area (Å²) in [4.78, 5) is 28.8. The Kier molecular flexibility index (Phi) is 5.66. The van der Waals surface area contributed by atoms with Gasteiger partial charge in [0.25, 0.3) is 11.8 Å². The van der Waals surface area contributed by atoms with Gasteiger partial charge in [-0.1, -0.05) is 0 Å². The highest BCUT2D eigenvalue weighted by Gasteiger charge is 2.48. The number of alkyl halides is 3. The fraction of sp³-hybridized carbons (Fsp3) is 0.579. The lowest BCUT2D eigenvalue weighted by Crippen LogP contribution is -2.48. The molecule has 3 rings (SSSR count). The Labute approximate surface area is 172 Å². The highest BCUT2D eigenvalue weighted by atomic mass is 19.4. The molecule has 0 N–H and O–H groups in total. The van der Waals surface area contributed by atoms with Crippen molar-refractivity contribution in [1.29, 1.82) is 0 Å². The zero-order valence-corrected chi connectivity index (χ0v) is 17.6. The number of halogens is 3. The van der Waals surface area contributed by atoms with E-state index in [9.17, 15) is 22.8 Å². The Bertz CT molecular complexity index is 960. The highest BCUT2D eigenvalue weighted by Crippen LogP contribution is 2.42. The number of carbonyl (C=O) groups excluding carboxylic acids is 2. The summed E-state index contributed by atoms with van der Waals surface area (Å²) in [5.41, 5.74) is 0.619. The van der Waals surface area contributed by atoms with Crippen LogP contribution >= 0.6 is 0 Å². The minimum absolute atomic E-state index is 0.0800. The third-order valence-electron chi connectivity index (χ3n) is 5.35. The van der Waals surface area contributed by atoms with Crippen LogP contribution in [0.5, 0.6) is 0 Å². The van der Waals surface area contributed by atoms with Crippen molar-refractivity contribution < 1.29 is 22.8 Å². The lowest BCUT2D eigenvalue weighted by molar-refractivity contribution is -0.174. The van der Waals surface area contributed by atoms with Crippen molar-refractivity contribution in [2.75, 3.05) is 18.0 Å². The molecule has 1 aliphatic heterocycles. The number of anilines is 1. The second kappa shape index (κ2) is 7.77. The fourth-order valence-corrected chi connectivity index (χ4v) is 3.81. The van der Waals surface area contributed by atoms with E-state index >= 15 is 0 Å². The summed E-state index contributed by atoms with van der Waals surface area (Å²) >= 11 is 0. The van der Waals surface area contributed by atoms with E-state index in [0.29, 0.717) is 18.8 Å². The van der Waals surface area contributed by atoms with Crippen LogP contribution < -0.4 is 4.90 Å². The van der Waals surface area contributed by atoms with Gasteiger partial charge in [-0.3, -0.25) is 19.2 Å². The van der Waals surface area contributed by atoms with Gasteiger partial charge in [0.05, 0.1) is 5.69 Å². The van der Waals surface area contributed by atoms with Gasteiger partial charge in [0.1, 0.15) is 11.5 Å². The molecule has 0 spiro atoms. The molecule has 11 heteroatoms. The van der Waals surface area contributed by atoms with Gasteiger partial charge in [0.2, 0.25) is 0 Å². The lowest BCUT2D eigenvalue weighted by Gasteiger charge is -2.38. The summed E-state index contributed by atoms with van der Waals surface area (Å²) in [6.07, 6.45) is -4.79. The van der Waals surface area contributed by atoms with Gasteiger partial charge in [-0.2, -0.15) is 23.4 Å². The molecule has 0 saturated carbocycles. The van der Waals surface area contributed by atoms with Crippen LogP contribution in [0, 0.1) is 6.92 Å². The SMILES string of the molecule is CCN(CC)C(=O)c1cc(C(=O)N2c3cc(C)nn3[C@H](C(F)(F)F)C[C@@H]2C)n(C)n1. The van der Waals surface area contributed by atoms with E-state index in [0.717, 1.165) is 4.68 Å². The number of amides is 2.